The molecule has 3 atom stereocenters. The topological polar surface area (TPSA) is 75.4 Å². The minimum Gasteiger partial charge on any atom is -0.390 e. The molecule has 1 saturated carbocycles. The van der Waals surface area contributed by atoms with Gasteiger partial charge in [-0.05, 0) is 46.0 Å². The van der Waals surface area contributed by atoms with E-state index in [0.29, 0.717) is 31.0 Å². The Kier molecular flexibility index (Phi) is 5.24. The number of aryl methyl sites for hydroxylation is 2. The van der Waals surface area contributed by atoms with Crippen LogP contribution in [0.4, 0.5) is 0 Å². The number of Topliss-reactive ketones (excluding diaryl/α,β-unsaturated/α-hetero) is 1. The zero-order valence-electron chi connectivity index (χ0n) is 16.4. The van der Waals surface area contributed by atoms with Gasteiger partial charge in [-0.15, -0.1) is 0 Å². The lowest BCUT2D eigenvalue weighted by Crippen LogP contribution is -2.44. The van der Waals surface area contributed by atoms with Crippen LogP contribution in [0.25, 0.3) is 0 Å². The number of likely N-dealkylation sites (tertiary alicyclic amines) is 1. The average Bonchev–Trinajstić information content (AvgIpc) is 3.15. The second-order valence-electron chi connectivity index (χ2n) is 8.09. The Morgan fingerprint density at radius 3 is 2.65 bits per heavy atom. The summed E-state index contributed by atoms with van der Waals surface area (Å²) in [6.07, 6.45) is 4.15. The number of fused-ring (bicyclic) bond motifs is 1. The van der Waals surface area contributed by atoms with Crippen LogP contribution in [0.3, 0.4) is 0 Å². The Morgan fingerprint density at radius 1 is 1.31 bits per heavy atom. The SMILES string of the molecule is CC[C@]1(O)CCC[C@H]2CN(C(=O)CCn3nc(C)c(C(C)=O)c3C)C[C@H]21. The first-order valence-corrected chi connectivity index (χ1v) is 9.82. The molecule has 1 aromatic rings. The molecule has 1 aliphatic carbocycles. The maximum atomic E-state index is 12.7. The van der Waals surface area contributed by atoms with Crippen LogP contribution in [0.1, 0.15) is 67.7 Å². The van der Waals surface area contributed by atoms with Gasteiger partial charge in [0, 0.05) is 37.7 Å². The lowest BCUT2D eigenvalue weighted by Gasteiger charge is -2.40. The van der Waals surface area contributed by atoms with E-state index in [1.54, 1.807) is 11.6 Å². The number of hydrogen-bond acceptors (Lipinski definition) is 4. The molecule has 2 fully saturated rings. The Labute approximate surface area is 155 Å². The number of aliphatic hydroxyl groups is 1. The molecule has 6 nitrogen and oxygen atoms in total. The Bertz CT molecular complexity index is 711. The summed E-state index contributed by atoms with van der Waals surface area (Å²) in [4.78, 5) is 26.4. The van der Waals surface area contributed by atoms with Crippen molar-refractivity contribution >= 4 is 11.7 Å². The second-order valence-corrected chi connectivity index (χ2v) is 8.09. The highest BCUT2D eigenvalue weighted by Crippen LogP contribution is 2.44. The Morgan fingerprint density at radius 2 is 2.04 bits per heavy atom. The van der Waals surface area contributed by atoms with Crippen LogP contribution >= 0.6 is 0 Å². The molecule has 0 aromatic carbocycles. The summed E-state index contributed by atoms with van der Waals surface area (Å²) in [5.41, 5.74) is 1.61. The zero-order chi connectivity index (χ0) is 19.1. The number of hydrogen-bond donors (Lipinski definition) is 1. The number of carbonyl (C=O) groups is 2. The van der Waals surface area contributed by atoms with Gasteiger partial charge >= 0.3 is 0 Å². The molecule has 1 amide bonds. The van der Waals surface area contributed by atoms with E-state index in [9.17, 15) is 14.7 Å². The van der Waals surface area contributed by atoms with Crippen molar-refractivity contribution in [1.82, 2.24) is 14.7 Å². The normalized spacial score (nSPS) is 28.3. The van der Waals surface area contributed by atoms with Gasteiger partial charge in [-0.2, -0.15) is 5.10 Å². The van der Waals surface area contributed by atoms with Crippen molar-refractivity contribution in [1.29, 1.82) is 0 Å². The van der Waals surface area contributed by atoms with E-state index >= 15 is 0 Å². The fourth-order valence-electron chi connectivity index (χ4n) is 5.05. The van der Waals surface area contributed by atoms with Crippen molar-refractivity contribution in [3.05, 3.63) is 17.0 Å². The molecule has 1 N–H and O–H groups in total. The largest absolute Gasteiger partial charge is 0.390 e. The van der Waals surface area contributed by atoms with Crippen molar-refractivity contribution in [2.45, 2.75) is 71.9 Å². The van der Waals surface area contributed by atoms with Gasteiger partial charge in [-0.1, -0.05) is 13.3 Å². The molecular formula is C20H31N3O3. The van der Waals surface area contributed by atoms with Crippen LogP contribution in [0.5, 0.6) is 0 Å². The summed E-state index contributed by atoms with van der Waals surface area (Å²) in [5, 5.41) is 15.3. The van der Waals surface area contributed by atoms with E-state index in [-0.39, 0.29) is 17.6 Å². The first-order chi connectivity index (χ1) is 12.3. The molecule has 26 heavy (non-hydrogen) atoms. The van der Waals surface area contributed by atoms with E-state index in [1.807, 2.05) is 25.7 Å². The molecule has 3 rings (SSSR count). The van der Waals surface area contributed by atoms with Crippen molar-refractivity contribution < 1.29 is 14.7 Å². The molecule has 0 unspecified atom stereocenters. The van der Waals surface area contributed by atoms with Gasteiger partial charge in [0.25, 0.3) is 0 Å². The number of nitrogens with zero attached hydrogens (tertiary/aromatic N) is 3. The maximum absolute atomic E-state index is 12.7. The van der Waals surface area contributed by atoms with Gasteiger partial charge in [0.15, 0.2) is 5.78 Å². The van der Waals surface area contributed by atoms with Gasteiger partial charge in [-0.3, -0.25) is 14.3 Å². The van der Waals surface area contributed by atoms with Crippen LogP contribution in [0, 0.1) is 25.7 Å². The fourth-order valence-corrected chi connectivity index (χ4v) is 5.05. The summed E-state index contributed by atoms with van der Waals surface area (Å²) in [6, 6.07) is 0. The van der Waals surface area contributed by atoms with Crippen molar-refractivity contribution in [3.63, 3.8) is 0 Å². The number of rotatable bonds is 5. The second kappa shape index (κ2) is 7.14. The van der Waals surface area contributed by atoms with Crippen LogP contribution < -0.4 is 0 Å². The van der Waals surface area contributed by atoms with E-state index in [1.165, 1.54) is 0 Å². The molecule has 1 saturated heterocycles. The van der Waals surface area contributed by atoms with E-state index in [4.69, 9.17) is 0 Å². The van der Waals surface area contributed by atoms with Gasteiger partial charge in [0.2, 0.25) is 5.91 Å². The third-order valence-electron chi connectivity index (χ3n) is 6.55. The van der Waals surface area contributed by atoms with Gasteiger partial charge < -0.3 is 10.0 Å². The molecule has 6 heteroatoms. The minimum atomic E-state index is -0.607. The summed E-state index contributed by atoms with van der Waals surface area (Å²) in [7, 11) is 0. The van der Waals surface area contributed by atoms with E-state index < -0.39 is 5.60 Å². The monoisotopic (exact) mass is 361 g/mol. The molecule has 0 bridgehead atoms. The quantitative estimate of drug-likeness (QED) is 0.818. The lowest BCUT2D eigenvalue weighted by atomic mass is 9.69. The summed E-state index contributed by atoms with van der Waals surface area (Å²) >= 11 is 0. The van der Waals surface area contributed by atoms with Crippen molar-refractivity contribution in [2.75, 3.05) is 13.1 Å². The van der Waals surface area contributed by atoms with Gasteiger partial charge in [0.05, 0.1) is 16.9 Å². The standard InChI is InChI=1S/C20H31N3O3/c1-5-20(26)9-6-7-16-11-22(12-17(16)20)18(25)8-10-23-14(3)19(15(4)24)13(2)21-23/h16-17,26H,5-12H2,1-4H3/t16-,17+,20-/m0/s1. The predicted molar refractivity (Wildman–Crippen MR) is 99.0 cm³/mol. The highest BCUT2D eigenvalue weighted by Gasteiger charge is 2.48. The van der Waals surface area contributed by atoms with Crippen LogP contribution in [0.2, 0.25) is 0 Å². The van der Waals surface area contributed by atoms with Crippen LogP contribution in [-0.4, -0.2) is 50.2 Å². The van der Waals surface area contributed by atoms with E-state index in [0.717, 1.165) is 43.6 Å². The van der Waals surface area contributed by atoms with Gasteiger partial charge in [0.1, 0.15) is 0 Å². The first kappa shape index (κ1) is 19.1. The number of carbonyl (C=O) groups excluding carboxylic acids is 2. The van der Waals surface area contributed by atoms with Crippen molar-refractivity contribution in [3.8, 4) is 0 Å². The van der Waals surface area contributed by atoms with Crippen molar-refractivity contribution in [2.24, 2.45) is 11.8 Å². The maximum Gasteiger partial charge on any atom is 0.224 e. The number of aromatic nitrogens is 2. The molecule has 1 aliphatic heterocycles. The van der Waals surface area contributed by atoms with E-state index in [2.05, 4.69) is 5.10 Å². The average molecular weight is 361 g/mol. The van der Waals surface area contributed by atoms with Crippen LogP contribution in [0.15, 0.2) is 0 Å². The molecule has 144 valence electrons. The number of amides is 1. The highest BCUT2D eigenvalue weighted by atomic mass is 16.3. The molecule has 2 aliphatic rings. The molecule has 0 radical (unpaired) electrons. The smallest absolute Gasteiger partial charge is 0.224 e. The zero-order valence-corrected chi connectivity index (χ0v) is 16.4. The molecular weight excluding hydrogens is 330 g/mol. The minimum absolute atomic E-state index is 0.0139. The molecule has 0 spiro atoms. The fraction of sp³-hybridized carbons (Fsp3) is 0.750. The third-order valence-corrected chi connectivity index (χ3v) is 6.55. The third kappa shape index (κ3) is 3.31. The highest BCUT2D eigenvalue weighted by molar-refractivity contribution is 5.96. The summed E-state index contributed by atoms with van der Waals surface area (Å²) in [6.45, 7) is 9.23. The summed E-state index contributed by atoms with van der Waals surface area (Å²) in [5.74, 6) is 0.772. The molecule has 1 aromatic heterocycles. The Balaban J connectivity index is 1.63. The summed E-state index contributed by atoms with van der Waals surface area (Å²) < 4.78 is 1.77. The van der Waals surface area contributed by atoms with Crippen LogP contribution in [-0.2, 0) is 11.3 Å². The first-order valence-electron chi connectivity index (χ1n) is 9.82. The Hall–Kier alpha value is -1.69. The molecule has 2 heterocycles. The predicted octanol–water partition coefficient (Wildman–Crippen LogP) is 2.49. The number of ketones is 1. The lowest BCUT2D eigenvalue weighted by molar-refractivity contribution is -0.131. The van der Waals surface area contributed by atoms with Gasteiger partial charge in [-0.25, -0.2) is 0 Å².